The fourth-order valence-electron chi connectivity index (χ4n) is 1.48. The number of hydrogen-bond acceptors (Lipinski definition) is 4. The first-order valence-electron chi connectivity index (χ1n) is 5.13. The quantitative estimate of drug-likeness (QED) is 0.557. The fourth-order valence-corrected chi connectivity index (χ4v) is 1.48. The maximum Gasteiger partial charge on any atom is 0.331 e. The predicted molar refractivity (Wildman–Crippen MR) is 62.4 cm³/mol. The number of hydrogen-bond donors (Lipinski definition) is 2. The highest BCUT2D eigenvalue weighted by molar-refractivity contribution is 6.30. The highest BCUT2D eigenvalue weighted by Gasteiger charge is 2.32. The number of barbiturate groups is 1. The van der Waals surface area contributed by atoms with Crippen LogP contribution in [0.1, 0.15) is 5.56 Å². The molecule has 1 fully saturated rings. The number of carbonyl (C=O) groups is 3. The molecular formula is C12H10N2O4. The summed E-state index contributed by atoms with van der Waals surface area (Å²) in [6, 6.07) is 5.24. The van der Waals surface area contributed by atoms with Crippen molar-refractivity contribution in [3.8, 4) is 5.75 Å². The van der Waals surface area contributed by atoms with E-state index in [4.69, 9.17) is 5.11 Å². The number of urea groups is 1. The highest BCUT2D eigenvalue weighted by atomic mass is 16.3. The Morgan fingerprint density at radius 1 is 1.17 bits per heavy atom. The van der Waals surface area contributed by atoms with Gasteiger partial charge in [0.25, 0.3) is 11.8 Å². The van der Waals surface area contributed by atoms with E-state index in [-0.39, 0.29) is 11.3 Å². The van der Waals surface area contributed by atoms with Crippen molar-refractivity contribution >= 4 is 23.9 Å². The number of nitrogens with zero attached hydrogens (tertiary/aromatic N) is 1. The van der Waals surface area contributed by atoms with Gasteiger partial charge in [-0.1, -0.05) is 12.1 Å². The summed E-state index contributed by atoms with van der Waals surface area (Å²) < 4.78 is 0. The summed E-state index contributed by atoms with van der Waals surface area (Å²) in [6.45, 7) is 0. The molecule has 0 saturated carbocycles. The molecule has 6 nitrogen and oxygen atoms in total. The van der Waals surface area contributed by atoms with E-state index in [1.807, 2.05) is 0 Å². The number of imide groups is 2. The molecule has 1 saturated heterocycles. The van der Waals surface area contributed by atoms with Crippen LogP contribution in [-0.4, -0.2) is 34.9 Å². The van der Waals surface area contributed by atoms with Gasteiger partial charge in [0.1, 0.15) is 11.3 Å². The molecule has 0 spiro atoms. The Labute approximate surface area is 103 Å². The minimum Gasteiger partial charge on any atom is -0.508 e. The van der Waals surface area contributed by atoms with Crippen LogP contribution in [0, 0.1) is 0 Å². The predicted octanol–water partition coefficient (Wildman–Crippen LogP) is 0.484. The lowest BCUT2D eigenvalue weighted by atomic mass is 10.1. The molecule has 1 aliphatic rings. The van der Waals surface area contributed by atoms with E-state index < -0.39 is 17.8 Å². The average Bonchev–Trinajstić information content (AvgIpc) is 2.34. The molecule has 4 amide bonds. The number of benzene rings is 1. The van der Waals surface area contributed by atoms with Crippen molar-refractivity contribution in [3.63, 3.8) is 0 Å². The second kappa shape index (κ2) is 4.33. The van der Waals surface area contributed by atoms with Gasteiger partial charge in [0.05, 0.1) is 0 Å². The molecule has 18 heavy (non-hydrogen) atoms. The van der Waals surface area contributed by atoms with Gasteiger partial charge < -0.3 is 5.11 Å². The molecule has 92 valence electrons. The van der Waals surface area contributed by atoms with Crippen LogP contribution < -0.4 is 5.32 Å². The molecule has 1 aromatic carbocycles. The van der Waals surface area contributed by atoms with E-state index in [0.29, 0.717) is 5.56 Å². The van der Waals surface area contributed by atoms with E-state index in [1.165, 1.54) is 25.3 Å². The minimum atomic E-state index is -0.743. The van der Waals surface area contributed by atoms with Gasteiger partial charge in [0.2, 0.25) is 0 Å². The third-order valence-corrected chi connectivity index (χ3v) is 2.51. The Hall–Kier alpha value is -2.63. The smallest absolute Gasteiger partial charge is 0.331 e. The average molecular weight is 246 g/mol. The minimum absolute atomic E-state index is 0.0869. The van der Waals surface area contributed by atoms with Crippen LogP contribution in [0.4, 0.5) is 4.79 Å². The summed E-state index contributed by atoms with van der Waals surface area (Å²) in [5.74, 6) is -1.29. The molecule has 0 bridgehead atoms. The Morgan fingerprint density at radius 2 is 1.78 bits per heavy atom. The number of likely N-dealkylation sites (N-methyl/N-ethyl adjacent to an activating group) is 1. The fraction of sp³-hybridized carbons (Fsp3) is 0.0833. The maximum absolute atomic E-state index is 11.7. The topological polar surface area (TPSA) is 86.7 Å². The van der Waals surface area contributed by atoms with Gasteiger partial charge in [-0.15, -0.1) is 0 Å². The molecule has 0 radical (unpaired) electrons. The summed E-state index contributed by atoms with van der Waals surface area (Å²) in [6.07, 6.45) is 1.36. The van der Waals surface area contributed by atoms with Gasteiger partial charge in [-0.25, -0.2) is 4.79 Å². The lowest BCUT2D eigenvalue weighted by molar-refractivity contribution is -0.129. The van der Waals surface area contributed by atoms with E-state index in [0.717, 1.165) is 4.90 Å². The van der Waals surface area contributed by atoms with Gasteiger partial charge >= 0.3 is 6.03 Å². The molecule has 1 heterocycles. The van der Waals surface area contributed by atoms with Crippen molar-refractivity contribution in [1.29, 1.82) is 0 Å². The number of carbonyl (C=O) groups excluding carboxylic acids is 3. The van der Waals surface area contributed by atoms with Gasteiger partial charge in [0.15, 0.2) is 0 Å². The number of aromatic hydroxyl groups is 1. The third kappa shape index (κ3) is 2.08. The number of phenolic OH excluding ortho intramolecular Hbond substituents is 1. The standard InChI is InChI=1S/C12H10N2O4/c1-14-11(17)9(10(16)13-12(14)18)6-7-2-4-8(15)5-3-7/h2-6,15H,1H3,(H,13,16,18)/b9-6+. The third-order valence-electron chi connectivity index (χ3n) is 2.51. The van der Waals surface area contributed by atoms with Gasteiger partial charge in [-0.3, -0.25) is 19.8 Å². The van der Waals surface area contributed by atoms with E-state index >= 15 is 0 Å². The molecule has 0 aromatic heterocycles. The van der Waals surface area contributed by atoms with Crippen molar-refractivity contribution in [2.45, 2.75) is 0 Å². The SMILES string of the molecule is CN1C(=O)NC(=O)/C(=C\c2ccc(O)cc2)C1=O. The van der Waals surface area contributed by atoms with Crippen molar-refractivity contribution in [1.82, 2.24) is 10.2 Å². The Kier molecular flexibility index (Phi) is 2.85. The van der Waals surface area contributed by atoms with Crippen LogP contribution in [0.3, 0.4) is 0 Å². The number of rotatable bonds is 1. The van der Waals surface area contributed by atoms with E-state index in [1.54, 1.807) is 12.1 Å². The van der Waals surface area contributed by atoms with Crippen LogP contribution in [0.2, 0.25) is 0 Å². The van der Waals surface area contributed by atoms with Crippen LogP contribution in [0.25, 0.3) is 6.08 Å². The van der Waals surface area contributed by atoms with E-state index in [2.05, 4.69) is 5.32 Å². The molecule has 1 aliphatic heterocycles. The summed E-state index contributed by atoms with van der Waals surface area (Å²) >= 11 is 0. The molecular weight excluding hydrogens is 236 g/mol. The Morgan fingerprint density at radius 3 is 2.39 bits per heavy atom. The highest BCUT2D eigenvalue weighted by Crippen LogP contribution is 2.15. The lowest BCUT2D eigenvalue weighted by Gasteiger charge is -2.22. The molecule has 1 aromatic rings. The zero-order valence-electron chi connectivity index (χ0n) is 9.51. The van der Waals surface area contributed by atoms with Crippen LogP contribution in [-0.2, 0) is 9.59 Å². The normalized spacial score (nSPS) is 18.2. The second-order valence-electron chi connectivity index (χ2n) is 3.77. The van der Waals surface area contributed by atoms with Gasteiger partial charge in [0, 0.05) is 7.05 Å². The zero-order chi connectivity index (χ0) is 13.3. The number of nitrogens with one attached hydrogen (secondary N) is 1. The monoisotopic (exact) mass is 246 g/mol. The van der Waals surface area contributed by atoms with E-state index in [9.17, 15) is 14.4 Å². The molecule has 2 N–H and O–H groups in total. The van der Waals surface area contributed by atoms with Crippen LogP contribution >= 0.6 is 0 Å². The summed E-state index contributed by atoms with van der Waals surface area (Å²) in [5.41, 5.74) is 0.455. The van der Waals surface area contributed by atoms with Crippen LogP contribution in [0.5, 0.6) is 5.75 Å². The van der Waals surface area contributed by atoms with Crippen molar-refractivity contribution in [3.05, 3.63) is 35.4 Å². The first-order chi connectivity index (χ1) is 8.49. The molecule has 0 atom stereocenters. The van der Waals surface area contributed by atoms with Gasteiger partial charge in [-0.05, 0) is 23.8 Å². The lowest BCUT2D eigenvalue weighted by Crippen LogP contribution is -2.52. The largest absolute Gasteiger partial charge is 0.508 e. The van der Waals surface area contributed by atoms with Crippen LogP contribution in [0.15, 0.2) is 29.8 Å². The van der Waals surface area contributed by atoms with Crippen molar-refractivity contribution in [2.24, 2.45) is 0 Å². The molecule has 2 rings (SSSR count). The number of phenols is 1. The zero-order valence-corrected chi connectivity index (χ0v) is 9.51. The molecule has 6 heteroatoms. The first-order valence-corrected chi connectivity index (χ1v) is 5.13. The summed E-state index contributed by atoms with van der Waals surface area (Å²) in [4.78, 5) is 35.3. The second-order valence-corrected chi connectivity index (χ2v) is 3.77. The summed E-state index contributed by atoms with van der Waals surface area (Å²) in [5, 5.41) is 11.2. The maximum atomic E-state index is 11.7. The first kappa shape index (κ1) is 11.8. The summed E-state index contributed by atoms with van der Waals surface area (Å²) in [7, 11) is 1.29. The Balaban J connectivity index is 2.37. The van der Waals surface area contributed by atoms with Gasteiger partial charge in [-0.2, -0.15) is 0 Å². The van der Waals surface area contributed by atoms with Crippen molar-refractivity contribution in [2.75, 3.05) is 7.05 Å². The molecule has 0 unspecified atom stereocenters. The Bertz CT molecular complexity index is 560. The molecule has 0 aliphatic carbocycles. The number of amides is 4. The van der Waals surface area contributed by atoms with Crippen molar-refractivity contribution < 1.29 is 19.5 Å².